The van der Waals surface area contributed by atoms with Crippen LogP contribution >= 0.6 is 0 Å². The molecular formula is C40H55F2N6O2+. The van der Waals surface area contributed by atoms with Crippen molar-refractivity contribution in [3.8, 4) is 0 Å². The van der Waals surface area contributed by atoms with Gasteiger partial charge >= 0.3 is 5.91 Å². The van der Waals surface area contributed by atoms with E-state index in [-0.39, 0.29) is 41.1 Å². The van der Waals surface area contributed by atoms with Gasteiger partial charge in [-0.1, -0.05) is 65.7 Å². The summed E-state index contributed by atoms with van der Waals surface area (Å²) in [5.41, 5.74) is 3.80. The first-order chi connectivity index (χ1) is 23.8. The molecule has 8 nitrogen and oxygen atoms in total. The molecule has 1 spiro atoms. The van der Waals surface area contributed by atoms with E-state index in [1.54, 1.807) is 18.2 Å². The monoisotopic (exact) mass is 689 g/mol. The summed E-state index contributed by atoms with van der Waals surface area (Å²) >= 11 is 0. The number of nitrogens with one attached hydrogen (secondary N) is 1. The molecule has 0 bridgehead atoms. The summed E-state index contributed by atoms with van der Waals surface area (Å²) in [5.74, 6) is 4.11. The molecule has 2 aromatic rings. The van der Waals surface area contributed by atoms with Crippen LogP contribution in [0, 0.1) is 28.9 Å². The van der Waals surface area contributed by atoms with Crippen molar-refractivity contribution in [2.45, 2.75) is 111 Å². The maximum Gasteiger partial charge on any atom is 0.419 e. The smallest absolute Gasteiger partial charge is 0.305 e. The van der Waals surface area contributed by atoms with Crippen LogP contribution in [0.4, 0.5) is 8.78 Å². The van der Waals surface area contributed by atoms with Gasteiger partial charge in [0.2, 0.25) is 0 Å². The molecule has 3 N–H and O–H groups in total. The lowest BCUT2D eigenvalue weighted by Gasteiger charge is -2.49. The van der Waals surface area contributed by atoms with Gasteiger partial charge in [0.05, 0.1) is 11.6 Å². The number of nitrogens with two attached hydrogens (primary N) is 1. The predicted molar refractivity (Wildman–Crippen MR) is 197 cm³/mol. The summed E-state index contributed by atoms with van der Waals surface area (Å²) in [6, 6.07) is 10.1. The Bertz CT molecular complexity index is 1590. The van der Waals surface area contributed by atoms with Gasteiger partial charge < -0.3 is 4.90 Å². The van der Waals surface area contributed by atoms with E-state index >= 15 is 0 Å². The third-order valence-corrected chi connectivity index (χ3v) is 10.9. The summed E-state index contributed by atoms with van der Waals surface area (Å²) in [7, 11) is 0. The lowest BCUT2D eigenvalue weighted by atomic mass is 9.64. The van der Waals surface area contributed by atoms with Crippen LogP contribution in [-0.2, 0) is 4.79 Å². The first-order valence-electron chi connectivity index (χ1n) is 18.1. The van der Waals surface area contributed by atoms with Gasteiger partial charge in [-0.05, 0) is 92.0 Å². The number of hydrogen-bond acceptors (Lipinski definition) is 6. The Morgan fingerprint density at radius 2 is 1.80 bits per heavy atom. The molecule has 1 saturated carbocycles. The quantitative estimate of drug-likeness (QED) is 0.0611. The predicted octanol–water partition coefficient (Wildman–Crippen LogP) is 8.13. The highest BCUT2D eigenvalue weighted by Crippen LogP contribution is 2.52. The number of carbonyl (C=O) groups excluding carboxylic acids is 2. The highest BCUT2D eigenvalue weighted by atomic mass is 19.1. The Morgan fingerprint density at radius 1 is 1.16 bits per heavy atom. The van der Waals surface area contributed by atoms with Crippen molar-refractivity contribution in [3.05, 3.63) is 83.4 Å². The van der Waals surface area contributed by atoms with Crippen molar-refractivity contribution in [2.75, 3.05) is 6.54 Å². The number of aliphatic imine (C=N–C) groups is 1. The van der Waals surface area contributed by atoms with E-state index in [0.717, 1.165) is 50.2 Å². The fourth-order valence-corrected chi connectivity index (χ4v) is 7.96. The van der Waals surface area contributed by atoms with Crippen LogP contribution in [-0.4, -0.2) is 51.6 Å². The van der Waals surface area contributed by atoms with Crippen molar-refractivity contribution in [1.82, 2.24) is 10.4 Å². The molecule has 2 amide bonds. The first kappa shape index (κ1) is 38.7. The third-order valence-electron chi connectivity index (χ3n) is 10.9. The van der Waals surface area contributed by atoms with E-state index < -0.39 is 17.3 Å². The van der Waals surface area contributed by atoms with Gasteiger partial charge in [-0.2, -0.15) is 9.68 Å². The van der Waals surface area contributed by atoms with Crippen LogP contribution in [0.2, 0.25) is 0 Å². The van der Waals surface area contributed by atoms with Gasteiger partial charge in [0.15, 0.2) is 6.54 Å². The number of hydrazine groups is 1. The molecule has 1 heterocycles. The summed E-state index contributed by atoms with van der Waals surface area (Å²) in [6.45, 7) is 19.0. The molecule has 2 atom stereocenters. The lowest BCUT2D eigenvalue weighted by Crippen LogP contribution is -2.51. The molecule has 1 fully saturated rings. The molecule has 10 heteroatoms. The zero-order valence-corrected chi connectivity index (χ0v) is 30.5. The van der Waals surface area contributed by atoms with E-state index in [1.165, 1.54) is 16.7 Å². The number of amides is 2. The standard InChI is InChI=1S/C40H54F2N6O2/c1-8-11-34(45-46-43)26-47(7)37(49)29-15-13-28(14-16-29)35(17-12-27(4)5)48-38(50)36(30-23-32(41)25-33(42)24-30)44-40(48)21-18-31(19-22-40)39(6,10-3)20-9-2/h8,13-16,23-25,27,31,35H,1,7,9-12,17-22,26H2,2-6H3,(H2-,43,44,46,50)/p+1. The molecule has 1 aliphatic heterocycles. The Hall–Kier alpha value is -4.05. The molecule has 0 aromatic heterocycles. The minimum atomic E-state index is -0.842. The zero-order chi connectivity index (χ0) is 36.6. The fourth-order valence-electron chi connectivity index (χ4n) is 7.96. The molecule has 0 radical (unpaired) electrons. The second-order valence-corrected chi connectivity index (χ2v) is 14.7. The number of allylic oxidation sites excluding steroid dienone is 1. The van der Waals surface area contributed by atoms with Crippen molar-refractivity contribution < 1.29 is 22.9 Å². The maximum absolute atomic E-state index is 14.6. The number of carbonyl (C=O) groups is 2. The lowest BCUT2D eigenvalue weighted by molar-refractivity contribution is -0.402. The topological polar surface area (TPSA) is 103 Å². The Labute approximate surface area is 296 Å². The number of hydrogen-bond donors (Lipinski definition) is 2. The highest BCUT2D eigenvalue weighted by Gasteiger charge is 2.53. The van der Waals surface area contributed by atoms with Crippen molar-refractivity contribution in [2.24, 2.45) is 33.2 Å². The van der Waals surface area contributed by atoms with Crippen LogP contribution in [0.1, 0.15) is 126 Å². The number of benzene rings is 2. The molecule has 50 heavy (non-hydrogen) atoms. The molecule has 2 aliphatic rings. The number of nitrogens with zero attached hydrogens (tertiary/aromatic N) is 4. The van der Waals surface area contributed by atoms with Crippen molar-refractivity contribution >= 4 is 30.0 Å². The molecular weight excluding hydrogens is 634 g/mol. The minimum Gasteiger partial charge on any atom is -0.305 e. The van der Waals surface area contributed by atoms with Crippen LogP contribution in [0.15, 0.2) is 65.2 Å². The SMILES string of the molecule is C=CCC(C[N+](=C)C(=O)c1ccc(C(CCC(C)C)N2C(=O)C(c3cc(F)cc(F)c3)=NC23CCC(C(C)(CC)CCC)CC3)cc1)=NNN. The molecule has 0 saturated heterocycles. The number of halogens is 2. The molecule has 4 rings (SSSR count). The van der Waals surface area contributed by atoms with E-state index in [2.05, 4.69) is 58.6 Å². The summed E-state index contributed by atoms with van der Waals surface area (Å²) in [4.78, 5) is 35.0. The molecule has 2 aromatic carbocycles. The number of rotatable bonds is 16. The highest BCUT2D eigenvalue weighted by molar-refractivity contribution is 6.46. The van der Waals surface area contributed by atoms with Gasteiger partial charge in [-0.25, -0.2) is 25.0 Å². The van der Waals surface area contributed by atoms with Crippen molar-refractivity contribution in [1.29, 1.82) is 0 Å². The summed E-state index contributed by atoms with van der Waals surface area (Å²) in [6.07, 6.45) is 10.1. The van der Waals surface area contributed by atoms with Crippen LogP contribution in [0.25, 0.3) is 0 Å². The first-order valence-corrected chi connectivity index (χ1v) is 18.1. The largest absolute Gasteiger partial charge is 0.419 e. The van der Waals surface area contributed by atoms with Gasteiger partial charge in [0, 0.05) is 18.1 Å². The van der Waals surface area contributed by atoms with E-state index in [1.807, 2.05) is 17.0 Å². The summed E-state index contributed by atoms with van der Waals surface area (Å²) in [5, 5.41) is 4.01. The van der Waals surface area contributed by atoms with Crippen molar-refractivity contribution in [3.63, 3.8) is 0 Å². The average molecular weight is 690 g/mol. The Kier molecular flexibility index (Phi) is 13.0. The number of hydrazone groups is 1. The van der Waals surface area contributed by atoms with Crippen LogP contribution in [0.5, 0.6) is 0 Å². The summed E-state index contributed by atoms with van der Waals surface area (Å²) < 4.78 is 30.3. The molecule has 2 unspecified atom stereocenters. The molecule has 1 aliphatic carbocycles. The third kappa shape index (κ3) is 8.63. The van der Waals surface area contributed by atoms with Gasteiger partial charge in [0.1, 0.15) is 35.4 Å². The molecule has 270 valence electrons. The van der Waals surface area contributed by atoms with E-state index in [9.17, 15) is 18.4 Å². The maximum atomic E-state index is 14.6. The fraction of sp³-hybridized carbons (Fsp3) is 0.525. The Balaban J connectivity index is 1.73. The minimum absolute atomic E-state index is 0.103. The second kappa shape index (κ2) is 16.8. The average Bonchev–Trinajstić information content (AvgIpc) is 3.35. The van der Waals surface area contributed by atoms with E-state index in [4.69, 9.17) is 10.8 Å². The van der Waals surface area contributed by atoms with E-state index in [0.29, 0.717) is 48.8 Å². The van der Waals surface area contributed by atoms with Crippen LogP contribution in [0.3, 0.4) is 0 Å². The second-order valence-electron chi connectivity index (χ2n) is 14.7. The van der Waals surface area contributed by atoms with Gasteiger partial charge in [-0.3, -0.25) is 9.79 Å². The van der Waals surface area contributed by atoms with Gasteiger partial charge in [0.25, 0.3) is 5.91 Å². The zero-order valence-electron chi connectivity index (χ0n) is 30.5. The van der Waals surface area contributed by atoms with Crippen LogP contribution < -0.4 is 11.4 Å². The van der Waals surface area contributed by atoms with Gasteiger partial charge in [-0.15, -0.1) is 6.58 Å². The normalized spacial score (nSPS) is 21.3. The Morgan fingerprint density at radius 3 is 2.34 bits per heavy atom.